The zero-order valence-corrected chi connectivity index (χ0v) is 13.9. The molecule has 1 saturated carbocycles. The third-order valence-electron chi connectivity index (χ3n) is 4.29. The number of rotatable bonds is 4. The Morgan fingerprint density at radius 3 is 2.67 bits per heavy atom. The van der Waals surface area contributed by atoms with Crippen molar-refractivity contribution >= 4 is 26.7 Å². The molecular weight excluding hydrogens is 280 g/mol. The summed E-state index contributed by atoms with van der Waals surface area (Å²) in [7, 11) is 1.75. The normalized spacial score (nSPS) is 16.6. The lowest BCUT2D eigenvalue weighted by molar-refractivity contribution is 0.408. The van der Waals surface area contributed by atoms with Crippen molar-refractivity contribution < 1.29 is 4.74 Å². The van der Waals surface area contributed by atoms with Gasteiger partial charge in [0.1, 0.15) is 5.75 Å². The van der Waals surface area contributed by atoms with Crippen molar-refractivity contribution in [3.63, 3.8) is 0 Å². The maximum absolute atomic E-state index is 5.53. The van der Waals surface area contributed by atoms with Gasteiger partial charge in [-0.25, -0.2) is 4.98 Å². The van der Waals surface area contributed by atoms with Crippen LogP contribution in [0.5, 0.6) is 5.75 Å². The van der Waals surface area contributed by atoms with E-state index in [0.717, 1.165) is 16.4 Å². The summed E-state index contributed by atoms with van der Waals surface area (Å²) in [6.45, 7) is 4.38. The molecule has 3 nitrogen and oxygen atoms in total. The summed E-state index contributed by atoms with van der Waals surface area (Å²) in [4.78, 5) is 4.78. The fourth-order valence-corrected chi connectivity index (χ4v) is 4.04. The maximum Gasteiger partial charge on any atom is 0.184 e. The highest BCUT2D eigenvalue weighted by atomic mass is 32.1. The predicted molar refractivity (Wildman–Crippen MR) is 90.8 cm³/mol. The summed E-state index contributed by atoms with van der Waals surface area (Å²) in [5.41, 5.74) is 2.32. The average Bonchev–Trinajstić information content (AvgIpc) is 2.87. The molecule has 1 aliphatic rings. The topological polar surface area (TPSA) is 34.1 Å². The van der Waals surface area contributed by atoms with Crippen LogP contribution in [0.2, 0.25) is 0 Å². The number of nitrogens with zero attached hydrogens (tertiary/aromatic N) is 1. The quantitative estimate of drug-likeness (QED) is 0.845. The number of hydrogen-bond donors (Lipinski definition) is 1. The summed E-state index contributed by atoms with van der Waals surface area (Å²) in [5, 5.41) is 4.68. The summed E-state index contributed by atoms with van der Waals surface area (Å²) in [5.74, 6) is 1.42. The Balaban J connectivity index is 1.88. The monoisotopic (exact) mass is 304 g/mol. The number of benzene rings is 1. The molecule has 0 unspecified atom stereocenters. The maximum atomic E-state index is 5.53. The lowest BCUT2D eigenvalue weighted by Crippen LogP contribution is -2.21. The average molecular weight is 304 g/mol. The summed E-state index contributed by atoms with van der Waals surface area (Å²) in [6.07, 6.45) is 6.61. The minimum atomic E-state index is 0.445. The number of thiazole rings is 1. The molecule has 1 aromatic carbocycles. The third kappa shape index (κ3) is 3.15. The van der Waals surface area contributed by atoms with Gasteiger partial charge in [-0.3, -0.25) is 0 Å². The highest BCUT2D eigenvalue weighted by molar-refractivity contribution is 7.22. The summed E-state index contributed by atoms with van der Waals surface area (Å²) in [6, 6.07) is 4.92. The number of ether oxygens (including phenoxy) is 1. The highest BCUT2D eigenvalue weighted by Gasteiger charge is 2.16. The van der Waals surface area contributed by atoms with Gasteiger partial charge in [-0.05, 0) is 36.5 Å². The van der Waals surface area contributed by atoms with E-state index in [1.807, 2.05) is 0 Å². The molecule has 1 aliphatic carbocycles. The molecule has 2 aromatic rings. The molecule has 21 heavy (non-hydrogen) atoms. The van der Waals surface area contributed by atoms with Crippen LogP contribution < -0.4 is 10.1 Å². The van der Waals surface area contributed by atoms with Crippen molar-refractivity contribution in [1.82, 2.24) is 4.98 Å². The minimum absolute atomic E-state index is 0.445. The van der Waals surface area contributed by atoms with Crippen LogP contribution in [0.15, 0.2) is 12.1 Å². The molecule has 1 N–H and O–H groups in total. The molecule has 1 heterocycles. The number of methoxy groups -OCH3 is 1. The van der Waals surface area contributed by atoms with Crippen LogP contribution in [0.1, 0.15) is 57.4 Å². The Labute approximate surface area is 130 Å². The molecule has 0 spiro atoms. The molecule has 0 bridgehead atoms. The molecule has 0 aliphatic heterocycles. The van der Waals surface area contributed by atoms with Gasteiger partial charge in [-0.1, -0.05) is 44.4 Å². The van der Waals surface area contributed by atoms with E-state index in [2.05, 4.69) is 31.3 Å². The van der Waals surface area contributed by atoms with Crippen LogP contribution in [0.4, 0.5) is 5.13 Å². The Bertz CT molecular complexity index is 615. The first kappa shape index (κ1) is 14.6. The smallest absolute Gasteiger partial charge is 0.184 e. The standard InChI is InChI=1S/C17H24N2OS/c1-11(2)13-9-14-16(10-15(13)20-3)21-17(19-14)18-12-7-5-4-6-8-12/h9-12H,4-8H2,1-3H3,(H,18,19). The van der Waals surface area contributed by atoms with Gasteiger partial charge in [0.25, 0.3) is 0 Å². The Kier molecular flexibility index (Phi) is 4.34. The van der Waals surface area contributed by atoms with Gasteiger partial charge in [-0.2, -0.15) is 0 Å². The SMILES string of the molecule is COc1cc2sc(NC3CCCCC3)nc2cc1C(C)C. The van der Waals surface area contributed by atoms with Gasteiger partial charge in [0.2, 0.25) is 0 Å². The summed E-state index contributed by atoms with van der Waals surface area (Å²) >= 11 is 1.74. The predicted octanol–water partition coefficient (Wildman–Crippen LogP) is 5.17. The summed E-state index contributed by atoms with van der Waals surface area (Å²) < 4.78 is 6.74. The Morgan fingerprint density at radius 2 is 2.00 bits per heavy atom. The zero-order chi connectivity index (χ0) is 14.8. The number of hydrogen-bond acceptors (Lipinski definition) is 4. The first-order valence-corrected chi connectivity index (χ1v) is 8.74. The second-order valence-electron chi connectivity index (χ2n) is 6.21. The van der Waals surface area contributed by atoms with E-state index in [1.54, 1.807) is 18.4 Å². The van der Waals surface area contributed by atoms with Gasteiger partial charge in [0.05, 0.1) is 17.3 Å². The first-order valence-electron chi connectivity index (χ1n) is 7.92. The molecule has 1 aromatic heterocycles. The molecule has 0 saturated heterocycles. The molecule has 3 rings (SSSR count). The van der Waals surface area contributed by atoms with Crippen molar-refractivity contribution in [3.8, 4) is 5.75 Å². The zero-order valence-electron chi connectivity index (χ0n) is 13.1. The van der Waals surface area contributed by atoms with Crippen LogP contribution in [0.3, 0.4) is 0 Å². The fourth-order valence-electron chi connectivity index (χ4n) is 3.08. The first-order chi connectivity index (χ1) is 10.2. The molecule has 0 atom stereocenters. The van der Waals surface area contributed by atoms with Crippen molar-refractivity contribution in [2.45, 2.75) is 57.9 Å². The van der Waals surface area contributed by atoms with E-state index in [4.69, 9.17) is 9.72 Å². The Morgan fingerprint density at radius 1 is 1.24 bits per heavy atom. The van der Waals surface area contributed by atoms with Crippen LogP contribution in [-0.4, -0.2) is 18.1 Å². The number of fused-ring (bicyclic) bond motifs is 1. The van der Waals surface area contributed by atoms with Crippen molar-refractivity contribution in [3.05, 3.63) is 17.7 Å². The van der Waals surface area contributed by atoms with Gasteiger partial charge in [0, 0.05) is 6.04 Å². The molecule has 0 amide bonds. The third-order valence-corrected chi connectivity index (χ3v) is 5.24. The number of nitrogens with one attached hydrogen (secondary N) is 1. The molecule has 1 fully saturated rings. The second kappa shape index (κ2) is 6.22. The molecule has 0 radical (unpaired) electrons. The molecular formula is C17H24N2OS. The van der Waals surface area contributed by atoms with E-state index < -0.39 is 0 Å². The fraction of sp³-hybridized carbons (Fsp3) is 0.588. The van der Waals surface area contributed by atoms with Gasteiger partial charge in [-0.15, -0.1) is 0 Å². The Hall–Kier alpha value is -1.29. The van der Waals surface area contributed by atoms with E-state index >= 15 is 0 Å². The molecule has 4 heteroatoms. The van der Waals surface area contributed by atoms with E-state index in [1.165, 1.54) is 42.4 Å². The lowest BCUT2D eigenvalue weighted by atomic mass is 9.96. The largest absolute Gasteiger partial charge is 0.496 e. The van der Waals surface area contributed by atoms with E-state index in [9.17, 15) is 0 Å². The van der Waals surface area contributed by atoms with Crippen molar-refractivity contribution in [1.29, 1.82) is 0 Å². The van der Waals surface area contributed by atoms with Crippen LogP contribution >= 0.6 is 11.3 Å². The van der Waals surface area contributed by atoms with Gasteiger partial charge >= 0.3 is 0 Å². The van der Waals surface area contributed by atoms with Crippen LogP contribution in [0, 0.1) is 0 Å². The lowest BCUT2D eigenvalue weighted by Gasteiger charge is -2.22. The number of anilines is 1. The second-order valence-corrected chi connectivity index (χ2v) is 7.25. The van der Waals surface area contributed by atoms with E-state index in [0.29, 0.717) is 12.0 Å². The highest BCUT2D eigenvalue weighted by Crippen LogP contribution is 2.36. The van der Waals surface area contributed by atoms with E-state index in [-0.39, 0.29) is 0 Å². The minimum Gasteiger partial charge on any atom is -0.496 e. The van der Waals surface area contributed by atoms with Crippen molar-refractivity contribution in [2.75, 3.05) is 12.4 Å². The van der Waals surface area contributed by atoms with Gasteiger partial charge in [0.15, 0.2) is 5.13 Å². The van der Waals surface area contributed by atoms with Crippen LogP contribution in [-0.2, 0) is 0 Å². The van der Waals surface area contributed by atoms with Gasteiger partial charge < -0.3 is 10.1 Å². The van der Waals surface area contributed by atoms with Crippen LogP contribution in [0.25, 0.3) is 10.2 Å². The molecule has 114 valence electrons. The van der Waals surface area contributed by atoms with Crippen molar-refractivity contribution in [2.24, 2.45) is 0 Å². The number of aromatic nitrogens is 1.